The summed E-state index contributed by atoms with van der Waals surface area (Å²) in [6.45, 7) is 11.0. The van der Waals surface area contributed by atoms with Crippen molar-refractivity contribution in [3.05, 3.63) is 72.6 Å². The third kappa shape index (κ3) is 4.31. The normalized spacial score (nSPS) is 19.0. The zero-order chi connectivity index (χ0) is 22.1. The van der Waals surface area contributed by atoms with E-state index in [1.165, 1.54) is 24.3 Å². The van der Waals surface area contributed by atoms with Gasteiger partial charge in [-0.1, -0.05) is 20.4 Å². The number of imidazole rings is 1. The van der Waals surface area contributed by atoms with Crippen LogP contribution in [0, 0.1) is 11.6 Å². The topological polar surface area (TPSA) is 36.3 Å². The molecule has 2 atom stereocenters. The molecule has 0 spiro atoms. The summed E-state index contributed by atoms with van der Waals surface area (Å²) in [6.07, 6.45) is 0.249. The first kappa shape index (κ1) is 21.4. The molecule has 1 fully saturated rings. The van der Waals surface area contributed by atoms with E-state index in [1.54, 1.807) is 24.3 Å². The van der Waals surface area contributed by atoms with Crippen LogP contribution in [0.5, 0.6) is 0 Å². The molecular formula is C25H26F2N2O2. The Morgan fingerprint density at radius 3 is 2.16 bits per heavy atom. The Hall–Kier alpha value is -2.83. The largest absolute Gasteiger partial charge is 0.347 e. The summed E-state index contributed by atoms with van der Waals surface area (Å²) in [5.74, 6) is 0.187. The van der Waals surface area contributed by atoms with Crippen molar-refractivity contribution in [3.8, 4) is 22.5 Å². The Labute approximate surface area is 181 Å². The molecule has 0 N–H and O–H groups in total. The Morgan fingerprint density at radius 2 is 1.61 bits per heavy atom. The fourth-order valence-electron chi connectivity index (χ4n) is 3.74. The lowest BCUT2D eigenvalue weighted by Gasteiger charge is -2.31. The van der Waals surface area contributed by atoms with Crippen LogP contribution < -0.4 is 0 Å². The maximum atomic E-state index is 13.7. The van der Waals surface area contributed by atoms with E-state index in [-0.39, 0.29) is 23.7 Å². The van der Waals surface area contributed by atoms with Gasteiger partial charge in [-0.25, -0.2) is 13.8 Å². The first-order valence-corrected chi connectivity index (χ1v) is 10.5. The van der Waals surface area contributed by atoms with Crippen LogP contribution in [0.3, 0.4) is 0 Å². The lowest BCUT2D eigenvalue weighted by atomic mass is 10.0. The number of hydrogen-bond donors (Lipinski definition) is 0. The van der Waals surface area contributed by atoms with E-state index in [1.807, 2.05) is 25.3 Å². The predicted octanol–water partition coefficient (Wildman–Crippen LogP) is 6.24. The number of nitrogens with zero attached hydrogens (tertiary/aromatic N) is 2. The van der Waals surface area contributed by atoms with Gasteiger partial charge in [0, 0.05) is 17.0 Å². The molecule has 1 saturated heterocycles. The molecule has 2 aromatic carbocycles. The molecule has 2 unspecified atom stereocenters. The van der Waals surface area contributed by atoms with E-state index in [9.17, 15) is 8.78 Å². The third-order valence-corrected chi connectivity index (χ3v) is 5.36. The zero-order valence-corrected chi connectivity index (χ0v) is 17.9. The van der Waals surface area contributed by atoms with Gasteiger partial charge in [-0.05, 0) is 61.9 Å². The molecule has 0 aliphatic carbocycles. The second-order valence-electron chi connectivity index (χ2n) is 8.10. The molecule has 0 bridgehead atoms. The summed E-state index contributed by atoms with van der Waals surface area (Å²) in [5.41, 5.74) is 3.54. The molecule has 31 heavy (non-hydrogen) atoms. The Kier molecular flexibility index (Phi) is 6.03. The molecule has 4 nitrogen and oxygen atoms in total. The average Bonchev–Trinajstić information content (AvgIpc) is 3.15. The maximum Gasteiger partial charge on any atom is 0.199 e. The van der Waals surface area contributed by atoms with E-state index < -0.39 is 6.29 Å². The highest BCUT2D eigenvalue weighted by molar-refractivity contribution is 5.82. The van der Waals surface area contributed by atoms with Gasteiger partial charge in [-0.3, -0.25) is 4.57 Å². The molecule has 4 rings (SSSR count). The van der Waals surface area contributed by atoms with Crippen LogP contribution in [-0.4, -0.2) is 28.6 Å². The van der Waals surface area contributed by atoms with Crippen LogP contribution in [0.1, 0.15) is 38.9 Å². The molecule has 1 aliphatic heterocycles. The van der Waals surface area contributed by atoms with Crippen LogP contribution in [0.15, 0.2) is 55.1 Å². The number of hydrogen-bond acceptors (Lipinski definition) is 3. The molecule has 3 aromatic rings. The molecule has 1 aromatic heterocycles. The Balaban J connectivity index is 1.94. The summed E-state index contributed by atoms with van der Waals surface area (Å²) >= 11 is 0. The van der Waals surface area contributed by atoms with Gasteiger partial charge in [-0.2, -0.15) is 0 Å². The van der Waals surface area contributed by atoms with Gasteiger partial charge in [0.15, 0.2) is 6.29 Å². The van der Waals surface area contributed by atoms with E-state index in [2.05, 4.69) is 6.58 Å². The van der Waals surface area contributed by atoms with Gasteiger partial charge in [0.1, 0.15) is 17.5 Å². The number of aromatic nitrogens is 2. The molecule has 0 amide bonds. The van der Waals surface area contributed by atoms with E-state index in [0.717, 1.165) is 29.1 Å². The molecule has 1 aliphatic rings. The van der Waals surface area contributed by atoms with Gasteiger partial charge >= 0.3 is 0 Å². The summed E-state index contributed by atoms with van der Waals surface area (Å²) in [7, 11) is 0. The van der Waals surface area contributed by atoms with E-state index >= 15 is 0 Å². The quantitative estimate of drug-likeness (QED) is 0.486. The molecule has 0 radical (unpaired) electrons. The van der Waals surface area contributed by atoms with Gasteiger partial charge in [0.2, 0.25) is 0 Å². The van der Waals surface area contributed by atoms with Crippen molar-refractivity contribution in [2.75, 3.05) is 6.61 Å². The second kappa shape index (κ2) is 8.73. The summed E-state index contributed by atoms with van der Waals surface area (Å²) in [6, 6.07) is 12.4. The minimum absolute atomic E-state index is 0.0485. The first-order chi connectivity index (χ1) is 14.8. The van der Waals surface area contributed by atoms with Crippen LogP contribution in [0.25, 0.3) is 28.2 Å². The number of benzene rings is 2. The van der Waals surface area contributed by atoms with E-state index in [0.29, 0.717) is 18.0 Å². The van der Waals surface area contributed by atoms with Crippen molar-refractivity contribution >= 4 is 5.70 Å². The highest BCUT2D eigenvalue weighted by Crippen LogP contribution is 2.38. The Morgan fingerprint density at radius 1 is 1.03 bits per heavy atom. The summed E-state index contributed by atoms with van der Waals surface area (Å²) in [5, 5.41) is 0. The van der Waals surface area contributed by atoms with Gasteiger partial charge in [0.25, 0.3) is 0 Å². The monoisotopic (exact) mass is 424 g/mol. The summed E-state index contributed by atoms with van der Waals surface area (Å²) in [4.78, 5) is 4.92. The zero-order valence-electron chi connectivity index (χ0n) is 17.9. The van der Waals surface area contributed by atoms with Crippen molar-refractivity contribution in [2.45, 2.75) is 45.5 Å². The summed E-state index contributed by atoms with van der Waals surface area (Å²) < 4.78 is 41.1. The third-order valence-electron chi connectivity index (χ3n) is 5.36. The van der Waals surface area contributed by atoms with Crippen molar-refractivity contribution < 1.29 is 18.3 Å². The lowest BCUT2D eigenvalue weighted by Crippen LogP contribution is -2.33. The van der Waals surface area contributed by atoms with Crippen molar-refractivity contribution in [3.63, 3.8) is 0 Å². The van der Waals surface area contributed by atoms with E-state index in [4.69, 9.17) is 14.5 Å². The maximum absolute atomic E-state index is 13.7. The first-order valence-electron chi connectivity index (χ1n) is 10.5. The highest BCUT2D eigenvalue weighted by Gasteiger charge is 2.30. The fraction of sp³-hybridized carbons (Fsp3) is 0.320. The van der Waals surface area contributed by atoms with Crippen LogP contribution >= 0.6 is 0 Å². The minimum Gasteiger partial charge on any atom is -0.347 e. The lowest BCUT2D eigenvalue weighted by molar-refractivity contribution is -0.177. The SMILES string of the molecule is C=C(C1OCCC(C)O1)n1c(C(C)C)nc(-c2ccc(F)cc2)c1-c1ccc(F)cc1. The molecule has 2 heterocycles. The second-order valence-corrected chi connectivity index (χ2v) is 8.10. The van der Waals surface area contributed by atoms with Crippen LogP contribution in [0.2, 0.25) is 0 Å². The molecule has 162 valence electrons. The number of halogens is 2. The van der Waals surface area contributed by atoms with Crippen molar-refractivity contribution in [2.24, 2.45) is 0 Å². The number of rotatable bonds is 5. The highest BCUT2D eigenvalue weighted by atomic mass is 19.1. The Bertz CT molecular complexity index is 1070. The van der Waals surface area contributed by atoms with Gasteiger partial charge < -0.3 is 9.47 Å². The van der Waals surface area contributed by atoms with Gasteiger partial charge in [0.05, 0.1) is 29.8 Å². The molecule has 6 heteroatoms. The van der Waals surface area contributed by atoms with Gasteiger partial charge in [-0.15, -0.1) is 0 Å². The minimum atomic E-state index is -0.615. The predicted molar refractivity (Wildman–Crippen MR) is 117 cm³/mol. The van der Waals surface area contributed by atoms with Crippen LogP contribution in [-0.2, 0) is 9.47 Å². The number of ether oxygens (including phenoxy) is 2. The molecule has 0 saturated carbocycles. The fourth-order valence-corrected chi connectivity index (χ4v) is 3.74. The van der Waals surface area contributed by atoms with Crippen molar-refractivity contribution in [1.29, 1.82) is 0 Å². The van der Waals surface area contributed by atoms with Crippen molar-refractivity contribution in [1.82, 2.24) is 9.55 Å². The smallest absolute Gasteiger partial charge is 0.199 e. The standard InChI is InChI=1S/C25H26F2N2O2/c1-15(2)24-28-22(18-5-9-20(26)10-6-18)23(19-7-11-21(27)12-8-19)29(24)17(4)25-30-14-13-16(3)31-25/h5-12,15-16,25H,4,13-14H2,1-3H3. The average molecular weight is 424 g/mol. The molecular weight excluding hydrogens is 398 g/mol. The van der Waals surface area contributed by atoms with Crippen LogP contribution in [0.4, 0.5) is 8.78 Å².